The molecule has 2 aromatic rings. The predicted octanol–water partition coefficient (Wildman–Crippen LogP) is 5.73. The molecule has 0 aliphatic rings. The summed E-state index contributed by atoms with van der Waals surface area (Å²) >= 11 is 14.1. The number of hydrogen-bond donors (Lipinski definition) is 1. The second-order valence-corrected chi connectivity index (χ2v) is 9.01. The number of carbonyl (C=O) groups excluding carboxylic acids is 2. The van der Waals surface area contributed by atoms with Crippen molar-refractivity contribution in [2.45, 2.75) is 51.1 Å². The van der Waals surface area contributed by atoms with Crippen molar-refractivity contribution >= 4 is 46.8 Å². The molecule has 0 unspecified atom stereocenters. The van der Waals surface area contributed by atoms with Crippen LogP contribution in [0.1, 0.15) is 37.8 Å². The van der Waals surface area contributed by atoms with Crippen molar-refractivity contribution in [3.8, 4) is 0 Å². The summed E-state index contributed by atoms with van der Waals surface area (Å²) in [5.41, 5.74) is 1.81. The standard InChI is InChI=1S/C23H28Cl2N2O2S/c1-4-5-13-26-23(29)17(3)27(14-19-20(24)7-6-8-21(19)25)22(28)15-30-18-11-9-16(2)10-12-18/h6-12,17H,4-5,13-15H2,1-3H3,(H,26,29)/t17-/m1/s1. The van der Waals surface area contributed by atoms with E-state index < -0.39 is 6.04 Å². The summed E-state index contributed by atoms with van der Waals surface area (Å²) in [5, 5.41) is 3.86. The topological polar surface area (TPSA) is 49.4 Å². The molecule has 0 saturated carbocycles. The average molecular weight is 467 g/mol. The number of halogens is 2. The highest BCUT2D eigenvalue weighted by molar-refractivity contribution is 8.00. The SMILES string of the molecule is CCCCNC(=O)[C@@H](C)N(Cc1c(Cl)cccc1Cl)C(=O)CSc1ccc(C)cc1. The Morgan fingerprint density at radius 1 is 1.10 bits per heavy atom. The van der Waals surface area contributed by atoms with E-state index in [-0.39, 0.29) is 24.1 Å². The largest absolute Gasteiger partial charge is 0.354 e. The minimum Gasteiger partial charge on any atom is -0.354 e. The zero-order valence-corrected chi connectivity index (χ0v) is 19.9. The molecule has 0 saturated heterocycles. The summed E-state index contributed by atoms with van der Waals surface area (Å²) in [6, 6.07) is 12.6. The van der Waals surface area contributed by atoms with Gasteiger partial charge in [-0.05, 0) is 44.5 Å². The first-order chi connectivity index (χ1) is 14.3. The van der Waals surface area contributed by atoms with Gasteiger partial charge in [0.2, 0.25) is 11.8 Å². The van der Waals surface area contributed by atoms with Crippen LogP contribution in [0.5, 0.6) is 0 Å². The molecule has 0 spiro atoms. The van der Waals surface area contributed by atoms with Gasteiger partial charge in [-0.25, -0.2) is 0 Å². The predicted molar refractivity (Wildman–Crippen MR) is 126 cm³/mol. The fourth-order valence-corrected chi connectivity index (χ4v) is 4.14. The van der Waals surface area contributed by atoms with Crippen molar-refractivity contribution in [2.24, 2.45) is 0 Å². The van der Waals surface area contributed by atoms with Crippen molar-refractivity contribution in [3.05, 3.63) is 63.6 Å². The summed E-state index contributed by atoms with van der Waals surface area (Å²) in [5.74, 6) is -0.104. The number of hydrogen-bond acceptors (Lipinski definition) is 3. The lowest BCUT2D eigenvalue weighted by Crippen LogP contribution is -2.48. The van der Waals surface area contributed by atoms with E-state index >= 15 is 0 Å². The fourth-order valence-electron chi connectivity index (χ4n) is 2.83. The van der Waals surface area contributed by atoms with E-state index in [1.807, 2.05) is 31.2 Å². The summed E-state index contributed by atoms with van der Waals surface area (Å²) < 4.78 is 0. The maximum Gasteiger partial charge on any atom is 0.242 e. The first kappa shape index (κ1) is 24.6. The Balaban J connectivity index is 2.17. The highest BCUT2D eigenvalue weighted by Crippen LogP contribution is 2.27. The molecule has 0 bridgehead atoms. The second kappa shape index (κ2) is 12.2. The Hall–Kier alpha value is -1.69. The molecule has 0 fully saturated rings. The molecular formula is C23H28Cl2N2O2S. The number of thioether (sulfide) groups is 1. The Bertz CT molecular complexity index is 839. The van der Waals surface area contributed by atoms with Gasteiger partial charge in [0.25, 0.3) is 0 Å². The highest BCUT2D eigenvalue weighted by Gasteiger charge is 2.27. The zero-order valence-electron chi connectivity index (χ0n) is 17.6. The van der Waals surface area contributed by atoms with Crippen LogP contribution >= 0.6 is 35.0 Å². The summed E-state index contributed by atoms with van der Waals surface area (Å²) in [7, 11) is 0. The first-order valence-electron chi connectivity index (χ1n) is 10.0. The molecule has 7 heteroatoms. The molecule has 0 heterocycles. The van der Waals surface area contributed by atoms with Crippen LogP contribution in [0, 0.1) is 6.92 Å². The molecule has 162 valence electrons. The maximum absolute atomic E-state index is 13.1. The minimum absolute atomic E-state index is 0.144. The van der Waals surface area contributed by atoms with Crippen LogP contribution in [-0.2, 0) is 16.1 Å². The van der Waals surface area contributed by atoms with Gasteiger partial charge >= 0.3 is 0 Å². The Kier molecular flexibility index (Phi) is 10.0. The van der Waals surface area contributed by atoms with E-state index in [4.69, 9.17) is 23.2 Å². The van der Waals surface area contributed by atoms with E-state index in [0.717, 1.165) is 23.3 Å². The van der Waals surface area contributed by atoms with Crippen LogP contribution in [0.4, 0.5) is 0 Å². The number of aryl methyl sites for hydroxylation is 1. The van der Waals surface area contributed by atoms with Gasteiger partial charge in [-0.3, -0.25) is 9.59 Å². The molecule has 0 aromatic heterocycles. The number of nitrogens with one attached hydrogen (secondary N) is 1. The van der Waals surface area contributed by atoms with Crippen LogP contribution in [0.2, 0.25) is 10.0 Å². The molecule has 0 aliphatic heterocycles. The van der Waals surface area contributed by atoms with E-state index in [1.165, 1.54) is 11.8 Å². The van der Waals surface area contributed by atoms with Gasteiger partial charge in [-0.1, -0.05) is 60.3 Å². The lowest BCUT2D eigenvalue weighted by molar-refractivity contribution is -0.138. The smallest absolute Gasteiger partial charge is 0.242 e. The van der Waals surface area contributed by atoms with E-state index in [0.29, 0.717) is 22.2 Å². The number of rotatable bonds is 10. The quantitative estimate of drug-likeness (QED) is 0.359. The number of benzene rings is 2. The molecule has 1 atom stereocenters. The average Bonchev–Trinajstić information content (AvgIpc) is 2.72. The Labute approximate surface area is 193 Å². The highest BCUT2D eigenvalue weighted by atomic mass is 35.5. The van der Waals surface area contributed by atoms with Crippen molar-refractivity contribution < 1.29 is 9.59 Å². The van der Waals surface area contributed by atoms with E-state index in [2.05, 4.69) is 12.2 Å². The molecule has 2 rings (SSSR count). The lowest BCUT2D eigenvalue weighted by Gasteiger charge is -2.29. The van der Waals surface area contributed by atoms with Crippen molar-refractivity contribution in [1.82, 2.24) is 10.2 Å². The van der Waals surface area contributed by atoms with Crippen LogP contribution in [0.25, 0.3) is 0 Å². The normalized spacial score (nSPS) is 11.8. The Morgan fingerprint density at radius 3 is 2.33 bits per heavy atom. The molecule has 30 heavy (non-hydrogen) atoms. The number of amides is 2. The molecule has 0 aliphatic carbocycles. The number of nitrogens with zero attached hydrogens (tertiary/aromatic N) is 1. The van der Waals surface area contributed by atoms with Gasteiger partial charge in [0.05, 0.1) is 5.75 Å². The van der Waals surface area contributed by atoms with Crippen LogP contribution in [0.3, 0.4) is 0 Å². The summed E-state index contributed by atoms with van der Waals surface area (Å²) in [6.45, 7) is 6.59. The van der Waals surface area contributed by atoms with Gasteiger partial charge in [0.1, 0.15) is 6.04 Å². The second-order valence-electron chi connectivity index (χ2n) is 7.14. The third-order valence-corrected chi connectivity index (χ3v) is 6.48. The zero-order chi connectivity index (χ0) is 22.1. The molecule has 2 aromatic carbocycles. The van der Waals surface area contributed by atoms with E-state index in [1.54, 1.807) is 30.0 Å². The van der Waals surface area contributed by atoms with E-state index in [9.17, 15) is 9.59 Å². The lowest BCUT2D eigenvalue weighted by atomic mass is 10.1. The minimum atomic E-state index is -0.639. The number of unbranched alkanes of at least 4 members (excludes halogenated alkanes) is 1. The fraction of sp³-hybridized carbons (Fsp3) is 0.391. The van der Waals surface area contributed by atoms with Gasteiger partial charge in [0.15, 0.2) is 0 Å². The Morgan fingerprint density at radius 2 is 1.73 bits per heavy atom. The monoisotopic (exact) mass is 466 g/mol. The third kappa shape index (κ3) is 7.22. The molecule has 2 amide bonds. The van der Waals surface area contributed by atoms with Crippen LogP contribution < -0.4 is 5.32 Å². The molecule has 1 N–H and O–H groups in total. The first-order valence-corrected chi connectivity index (χ1v) is 11.8. The van der Waals surface area contributed by atoms with Gasteiger partial charge in [-0.2, -0.15) is 0 Å². The van der Waals surface area contributed by atoms with Gasteiger partial charge in [0, 0.05) is 33.6 Å². The van der Waals surface area contributed by atoms with Crippen molar-refractivity contribution in [2.75, 3.05) is 12.3 Å². The number of carbonyl (C=O) groups is 2. The van der Waals surface area contributed by atoms with Crippen molar-refractivity contribution in [1.29, 1.82) is 0 Å². The summed E-state index contributed by atoms with van der Waals surface area (Å²) in [4.78, 5) is 28.3. The van der Waals surface area contributed by atoms with Crippen LogP contribution in [-0.4, -0.2) is 35.1 Å². The molecule has 0 radical (unpaired) electrons. The van der Waals surface area contributed by atoms with Crippen LogP contribution in [0.15, 0.2) is 47.4 Å². The van der Waals surface area contributed by atoms with Crippen molar-refractivity contribution in [3.63, 3.8) is 0 Å². The summed E-state index contributed by atoms with van der Waals surface area (Å²) in [6.07, 6.45) is 1.88. The third-order valence-electron chi connectivity index (χ3n) is 4.77. The molecule has 4 nitrogen and oxygen atoms in total. The van der Waals surface area contributed by atoms with Gasteiger partial charge in [-0.15, -0.1) is 11.8 Å². The maximum atomic E-state index is 13.1. The van der Waals surface area contributed by atoms with Gasteiger partial charge < -0.3 is 10.2 Å². The molecular weight excluding hydrogens is 439 g/mol.